The molecule has 0 aliphatic carbocycles. The zero-order chi connectivity index (χ0) is 21.8. The average Bonchev–Trinajstić information content (AvgIpc) is 2.71. The molecule has 1 saturated heterocycles. The summed E-state index contributed by atoms with van der Waals surface area (Å²) in [6.07, 6.45) is -4.63. The minimum absolute atomic E-state index is 0.205. The van der Waals surface area contributed by atoms with Gasteiger partial charge < -0.3 is 39.4 Å². The normalized spacial score (nSPS) is 28.0. The first kappa shape index (κ1) is 25.7. The lowest BCUT2D eigenvalue weighted by molar-refractivity contribution is -0.305. The number of carbonyl (C=O) groups excluding carboxylic acids is 2. The van der Waals surface area contributed by atoms with E-state index in [0.29, 0.717) is 12.8 Å². The second kappa shape index (κ2) is 13.8. The third-order valence-corrected chi connectivity index (χ3v) is 4.49. The molecule has 0 spiro atoms. The van der Waals surface area contributed by atoms with Crippen molar-refractivity contribution in [2.24, 2.45) is 0 Å². The van der Waals surface area contributed by atoms with Crippen molar-refractivity contribution in [3.63, 3.8) is 0 Å². The Labute approximate surface area is 170 Å². The monoisotopic (exact) mass is 422 g/mol. The maximum atomic E-state index is 11.9. The number of aliphatic hydroxyl groups excluding tert-OH is 4. The van der Waals surface area contributed by atoms with Gasteiger partial charge in [0.1, 0.15) is 31.0 Å². The molecule has 6 unspecified atom stereocenters. The molecule has 1 fully saturated rings. The second-order valence-electron chi connectivity index (χ2n) is 7.03. The molecular weight excluding hydrogens is 388 g/mol. The Morgan fingerprint density at radius 1 is 0.931 bits per heavy atom. The molecule has 0 radical (unpaired) electrons. The molecule has 1 aliphatic heterocycles. The van der Waals surface area contributed by atoms with E-state index in [4.69, 9.17) is 18.9 Å². The molecule has 0 aromatic heterocycles. The molecule has 10 heteroatoms. The minimum atomic E-state index is -1.58. The van der Waals surface area contributed by atoms with Gasteiger partial charge in [0.05, 0.1) is 13.2 Å². The number of hydrogen-bond acceptors (Lipinski definition) is 10. The van der Waals surface area contributed by atoms with Crippen LogP contribution in [-0.4, -0.2) is 89.0 Å². The van der Waals surface area contributed by atoms with Crippen LogP contribution in [0.4, 0.5) is 0 Å². The van der Waals surface area contributed by atoms with E-state index in [0.717, 1.165) is 12.8 Å². The van der Waals surface area contributed by atoms with E-state index in [2.05, 4.69) is 0 Å². The molecule has 1 aliphatic rings. The van der Waals surface area contributed by atoms with Crippen molar-refractivity contribution < 1.29 is 49.0 Å². The van der Waals surface area contributed by atoms with Gasteiger partial charge in [-0.25, -0.2) is 0 Å². The van der Waals surface area contributed by atoms with E-state index in [-0.39, 0.29) is 26.1 Å². The number of aliphatic hydroxyl groups is 4. The van der Waals surface area contributed by atoms with Gasteiger partial charge in [0, 0.05) is 12.8 Å². The van der Waals surface area contributed by atoms with Crippen LogP contribution in [0.15, 0.2) is 0 Å². The Kier molecular flexibility index (Phi) is 12.3. The highest BCUT2D eigenvalue weighted by molar-refractivity contribution is 5.70. The maximum Gasteiger partial charge on any atom is 0.306 e. The molecule has 170 valence electrons. The molecule has 4 N–H and O–H groups in total. The lowest BCUT2D eigenvalue weighted by atomic mass is 9.99. The number of esters is 2. The van der Waals surface area contributed by atoms with E-state index >= 15 is 0 Å². The van der Waals surface area contributed by atoms with Crippen molar-refractivity contribution in [1.82, 2.24) is 0 Å². The second-order valence-corrected chi connectivity index (χ2v) is 7.03. The molecule has 0 bridgehead atoms. The lowest BCUT2D eigenvalue weighted by Gasteiger charge is -2.39. The summed E-state index contributed by atoms with van der Waals surface area (Å²) >= 11 is 0. The first-order chi connectivity index (χ1) is 13.8. The van der Waals surface area contributed by atoms with Gasteiger partial charge in [-0.05, 0) is 12.8 Å². The van der Waals surface area contributed by atoms with Crippen molar-refractivity contribution in [2.45, 2.75) is 89.2 Å². The third kappa shape index (κ3) is 8.93. The Balaban J connectivity index is 2.64. The van der Waals surface area contributed by atoms with Crippen LogP contribution in [0.3, 0.4) is 0 Å². The molecule has 1 rings (SSSR count). The number of ether oxygens (including phenoxy) is 4. The summed E-state index contributed by atoms with van der Waals surface area (Å²) in [5.41, 5.74) is 0. The molecule has 0 aromatic carbocycles. The molecule has 0 amide bonds. The van der Waals surface area contributed by atoms with Gasteiger partial charge in [0.15, 0.2) is 12.4 Å². The van der Waals surface area contributed by atoms with E-state index in [1.165, 1.54) is 0 Å². The average molecular weight is 422 g/mol. The van der Waals surface area contributed by atoms with E-state index < -0.39 is 55.4 Å². The van der Waals surface area contributed by atoms with Crippen LogP contribution in [0.5, 0.6) is 0 Å². The van der Waals surface area contributed by atoms with Crippen LogP contribution in [0.25, 0.3) is 0 Å². The first-order valence-corrected chi connectivity index (χ1v) is 10.1. The van der Waals surface area contributed by atoms with Gasteiger partial charge in [0.25, 0.3) is 0 Å². The third-order valence-electron chi connectivity index (χ3n) is 4.49. The highest BCUT2D eigenvalue weighted by Crippen LogP contribution is 2.22. The van der Waals surface area contributed by atoms with E-state index in [1.807, 2.05) is 13.8 Å². The standard InChI is InChI=1S/C19H34O10/c1-3-5-7-14(21)26-10-12(28-15(22)8-6-4-2)11-27-19-18(25)17(24)16(23)13(9-20)29-19/h12-13,16-20,23-25H,3-11H2,1-2H3. The Hall–Kier alpha value is -1.30. The maximum absolute atomic E-state index is 11.9. The topological polar surface area (TPSA) is 152 Å². The largest absolute Gasteiger partial charge is 0.462 e. The minimum Gasteiger partial charge on any atom is -0.462 e. The fourth-order valence-corrected chi connectivity index (χ4v) is 2.67. The van der Waals surface area contributed by atoms with Crippen LogP contribution in [0.2, 0.25) is 0 Å². The van der Waals surface area contributed by atoms with Crippen LogP contribution in [-0.2, 0) is 28.5 Å². The summed E-state index contributed by atoms with van der Waals surface area (Å²) in [6, 6.07) is 0. The van der Waals surface area contributed by atoms with E-state index in [1.54, 1.807) is 0 Å². The zero-order valence-corrected chi connectivity index (χ0v) is 17.1. The van der Waals surface area contributed by atoms with Crippen LogP contribution >= 0.6 is 0 Å². The van der Waals surface area contributed by atoms with Crippen molar-refractivity contribution in [2.75, 3.05) is 19.8 Å². The fourth-order valence-electron chi connectivity index (χ4n) is 2.67. The molecule has 29 heavy (non-hydrogen) atoms. The van der Waals surface area contributed by atoms with Crippen LogP contribution < -0.4 is 0 Å². The summed E-state index contributed by atoms with van der Waals surface area (Å²) in [5.74, 6) is -0.895. The smallest absolute Gasteiger partial charge is 0.306 e. The predicted octanol–water partition coefficient (Wildman–Crippen LogP) is -0.362. The highest BCUT2D eigenvalue weighted by Gasteiger charge is 2.44. The van der Waals surface area contributed by atoms with Crippen molar-refractivity contribution in [1.29, 1.82) is 0 Å². The quantitative estimate of drug-likeness (QED) is 0.289. The van der Waals surface area contributed by atoms with Crippen molar-refractivity contribution >= 4 is 11.9 Å². The van der Waals surface area contributed by atoms with Crippen molar-refractivity contribution in [3.05, 3.63) is 0 Å². The molecule has 10 nitrogen and oxygen atoms in total. The van der Waals surface area contributed by atoms with Gasteiger partial charge in [-0.3, -0.25) is 9.59 Å². The SMILES string of the molecule is CCCCC(=O)OCC(COC1OC(CO)C(O)C(O)C1O)OC(=O)CCCC. The summed E-state index contributed by atoms with van der Waals surface area (Å²) in [5, 5.41) is 38.8. The van der Waals surface area contributed by atoms with Gasteiger partial charge >= 0.3 is 11.9 Å². The number of rotatable bonds is 13. The number of carbonyl (C=O) groups is 2. The van der Waals surface area contributed by atoms with E-state index in [9.17, 15) is 30.0 Å². The molecule has 6 atom stereocenters. The van der Waals surface area contributed by atoms with Gasteiger partial charge in [0.2, 0.25) is 0 Å². The lowest BCUT2D eigenvalue weighted by Crippen LogP contribution is -2.59. The van der Waals surface area contributed by atoms with Crippen LogP contribution in [0, 0.1) is 0 Å². The molecule has 0 aromatic rings. The van der Waals surface area contributed by atoms with Gasteiger partial charge in [-0.2, -0.15) is 0 Å². The Morgan fingerprint density at radius 3 is 2.14 bits per heavy atom. The van der Waals surface area contributed by atoms with Crippen molar-refractivity contribution in [3.8, 4) is 0 Å². The Bertz CT molecular complexity index is 484. The van der Waals surface area contributed by atoms with Crippen LogP contribution in [0.1, 0.15) is 52.4 Å². The Morgan fingerprint density at radius 2 is 1.55 bits per heavy atom. The summed E-state index contributed by atoms with van der Waals surface area (Å²) in [6.45, 7) is 2.79. The van der Waals surface area contributed by atoms with Gasteiger partial charge in [-0.1, -0.05) is 26.7 Å². The fraction of sp³-hybridized carbons (Fsp3) is 0.895. The highest BCUT2D eigenvalue weighted by atomic mass is 16.7. The number of unbranched alkanes of at least 4 members (excludes halogenated alkanes) is 2. The molecule has 0 saturated carbocycles. The first-order valence-electron chi connectivity index (χ1n) is 10.1. The summed E-state index contributed by atoms with van der Waals surface area (Å²) in [7, 11) is 0. The zero-order valence-electron chi connectivity index (χ0n) is 17.1. The number of hydrogen-bond donors (Lipinski definition) is 4. The molecular formula is C19H34O10. The summed E-state index contributed by atoms with van der Waals surface area (Å²) < 4.78 is 21.1. The van der Waals surface area contributed by atoms with Gasteiger partial charge in [-0.15, -0.1) is 0 Å². The molecule has 1 heterocycles. The predicted molar refractivity (Wildman–Crippen MR) is 99.6 cm³/mol. The summed E-state index contributed by atoms with van der Waals surface area (Å²) in [4.78, 5) is 23.7.